The van der Waals surface area contributed by atoms with E-state index in [0.717, 1.165) is 0 Å². The Kier molecular flexibility index (Phi) is 18.5. The van der Waals surface area contributed by atoms with Gasteiger partial charge >= 0.3 is 0 Å². The Balaban J connectivity index is 1.94. The molecule has 1 heterocycles. The maximum Gasteiger partial charge on any atom is 0.0788 e. The van der Waals surface area contributed by atoms with Crippen LogP contribution in [0, 0.1) is 0 Å². The average Bonchev–Trinajstić information content (AvgIpc) is 3.20. The van der Waals surface area contributed by atoms with Gasteiger partial charge in [-0.3, -0.25) is 0 Å². The van der Waals surface area contributed by atoms with Gasteiger partial charge in [-0.2, -0.15) is 0 Å². The summed E-state index contributed by atoms with van der Waals surface area (Å²) in [4.78, 5) is 0. The Morgan fingerprint density at radius 3 is 0.966 bits per heavy atom. The molecular formula is C28H58N+. The Labute approximate surface area is 186 Å². The highest BCUT2D eigenvalue weighted by Crippen LogP contribution is 2.23. The normalized spacial score (nSPS) is 15.9. The third-order valence-corrected chi connectivity index (χ3v) is 7.49. The minimum absolute atomic E-state index is 1.37. The first-order valence-electron chi connectivity index (χ1n) is 14.2. The molecule has 0 bridgehead atoms. The zero-order valence-electron chi connectivity index (χ0n) is 20.8. The topological polar surface area (TPSA) is 0 Å². The highest BCUT2D eigenvalue weighted by molar-refractivity contribution is 4.57. The lowest BCUT2D eigenvalue weighted by molar-refractivity contribution is -0.917. The first-order valence-corrected chi connectivity index (χ1v) is 14.2. The molecule has 0 aromatic carbocycles. The number of hydrogen-bond acceptors (Lipinski definition) is 0. The van der Waals surface area contributed by atoms with E-state index in [0.29, 0.717) is 0 Å². The van der Waals surface area contributed by atoms with Gasteiger partial charge in [-0.15, -0.1) is 0 Å². The highest BCUT2D eigenvalue weighted by atomic mass is 15.4. The monoisotopic (exact) mass is 408 g/mol. The fourth-order valence-corrected chi connectivity index (χ4v) is 5.43. The summed E-state index contributed by atoms with van der Waals surface area (Å²) in [7, 11) is 0. The summed E-state index contributed by atoms with van der Waals surface area (Å²) >= 11 is 0. The van der Waals surface area contributed by atoms with Crippen molar-refractivity contribution in [2.75, 3.05) is 26.2 Å². The van der Waals surface area contributed by atoms with Crippen LogP contribution in [0.4, 0.5) is 0 Å². The van der Waals surface area contributed by atoms with E-state index < -0.39 is 0 Å². The maximum absolute atomic E-state index is 2.31. The standard InChI is InChI=1S/C28H58N/c1-3-5-7-9-11-13-14-15-16-18-20-22-26-29(27-23-24-28-29)25-21-19-17-12-10-8-6-4-2/h3-28H2,1-2H3/q+1. The molecule has 29 heavy (non-hydrogen) atoms. The number of unbranched alkanes of at least 4 members (excludes halogenated alkanes) is 18. The molecular weight excluding hydrogens is 350 g/mol. The number of quaternary nitrogens is 1. The molecule has 0 aromatic heterocycles. The molecule has 174 valence electrons. The van der Waals surface area contributed by atoms with E-state index in [2.05, 4.69) is 13.8 Å². The average molecular weight is 409 g/mol. The molecule has 1 rings (SSSR count). The second-order valence-corrected chi connectivity index (χ2v) is 10.3. The van der Waals surface area contributed by atoms with Crippen LogP contribution in [0.25, 0.3) is 0 Å². The van der Waals surface area contributed by atoms with Crippen molar-refractivity contribution >= 4 is 0 Å². The Hall–Kier alpha value is -0.0400. The lowest BCUT2D eigenvalue weighted by Gasteiger charge is -2.34. The molecule has 1 nitrogen and oxygen atoms in total. The van der Waals surface area contributed by atoms with Gasteiger partial charge in [0.15, 0.2) is 0 Å². The summed E-state index contributed by atoms with van der Waals surface area (Å²) in [5.41, 5.74) is 0. The van der Waals surface area contributed by atoms with Crippen LogP contribution in [0.15, 0.2) is 0 Å². The fourth-order valence-electron chi connectivity index (χ4n) is 5.43. The van der Waals surface area contributed by atoms with Gasteiger partial charge in [0.2, 0.25) is 0 Å². The lowest BCUT2D eigenvalue weighted by atomic mass is 10.0. The van der Waals surface area contributed by atoms with Crippen molar-refractivity contribution in [2.24, 2.45) is 0 Å². The van der Waals surface area contributed by atoms with Gasteiger partial charge in [-0.25, -0.2) is 0 Å². The zero-order chi connectivity index (χ0) is 20.9. The molecule has 0 amide bonds. The largest absolute Gasteiger partial charge is 0.324 e. The van der Waals surface area contributed by atoms with Crippen LogP contribution in [-0.4, -0.2) is 30.7 Å². The van der Waals surface area contributed by atoms with Gasteiger partial charge in [0, 0.05) is 12.8 Å². The van der Waals surface area contributed by atoms with E-state index in [1.807, 2.05) is 0 Å². The molecule has 0 aromatic rings. The molecule has 1 fully saturated rings. The van der Waals surface area contributed by atoms with Crippen molar-refractivity contribution in [3.63, 3.8) is 0 Å². The maximum atomic E-state index is 2.31. The van der Waals surface area contributed by atoms with Gasteiger partial charge in [-0.05, 0) is 25.7 Å². The predicted octanol–water partition coefficient (Wildman–Crippen LogP) is 9.44. The van der Waals surface area contributed by atoms with E-state index in [1.54, 1.807) is 0 Å². The molecule has 0 radical (unpaired) electrons. The van der Waals surface area contributed by atoms with Crippen molar-refractivity contribution in [1.29, 1.82) is 0 Å². The van der Waals surface area contributed by atoms with E-state index in [4.69, 9.17) is 0 Å². The van der Waals surface area contributed by atoms with E-state index in [1.165, 1.54) is 172 Å². The first-order chi connectivity index (χ1) is 14.3. The minimum atomic E-state index is 1.37. The summed E-state index contributed by atoms with van der Waals surface area (Å²) in [6.07, 6.45) is 32.4. The van der Waals surface area contributed by atoms with Crippen molar-refractivity contribution in [3.05, 3.63) is 0 Å². The van der Waals surface area contributed by atoms with Crippen molar-refractivity contribution in [3.8, 4) is 0 Å². The van der Waals surface area contributed by atoms with Crippen LogP contribution in [-0.2, 0) is 0 Å². The molecule has 1 aliphatic heterocycles. The van der Waals surface area contributed by atoms with Crippen LogP contribution < -0.4 is 0 Å². The van der Waals surface area contributed by atoms with Crippen LogP contribution in [0.3, 0.4) is 0 Å². The van der Waals surface area contributed by atoms with Gasteiger partial charge < -0.3 is 4.48 Å². The summed E-state index contributed by atoms with van der Waals surface area (Å²) in [5, 5.41) is 0. The van der Waals surface area contributed by atoms with Crippen LogP contribution in [0.5, 0.6) is 0 Å². The fraction of sp³-hybridized carbons (Fsp3) is 1.00. The Morgan fingerprint density at radius 2 is 0.655 bits per heavy atom. The number of likely N-dealkylation sites (tertiary alicyclic amines) is 1. The van der Waals surface area contributed by atoms with Gasteiger partial charge in [0.25, 0.3) is 0 Å². The molecule has 0 spiro atoms. The second kappa shape index (κ2) is 19.9. The number of rotatable bonds is 22. The summed E-state index contributed by atoms with van der Waals surface area (Å²) in [6.45, 7) is 10.6. The quantitative estimate of drug-likeness (QED) is 0.124. The van der Waals surface area contributed by atoms with Crippen LogP contribution in [0.1, 0.15) is 155 Å². The van der Waals surface area contributed by atoms with Gasteiger partial charge in [0.05, 0.1) is 26.2 Å². The smallest absolute Gasteiger partial charge is 0.0788 e. The Morgan fingerprint density at radius 1 is 0.379 bits per heavy atom. The molecule has 1 aliphatic rings. The van der Waals surface area contributed by atoms with E-state index in [9.17, 15) is 0 Å². The third-order valence-electron chi connectivity index (χ3n) is 7.49. The SMILES string of the molecule is CCCCCCCCCCCCCC[N+]1(CCCCCCCCCC)CCCC1. The second-order valence-electron chi connectivity index (χ2n) is 10.3. The molecule has 0 aliphatic carbocycles. The minimum Gasteiger partial charge on any atom is -0.324 e. The number of hydrogen-bond donors (Lipinski definition) is 0. The van der Waals surface area contributed by atoms with Crippen molar-refractivity contribution < 1.29 is 4.48 Å². The lowest BCUT2D eigenvalue weighted by Crippen LogP contribution is -2.46. The zero-order valence-corrected chi connectivity index (χ0v) is 20.8. The third kappa shape index (κ3) is 15.4. The first kappa shape index (κ1) is 27.0. The Bertz CT molecular complexity index is 318. The van der Waals surface area contributed by atoms with Gasteiger partial charge in [-0.1, -0.05) is 117 Å². The van der Waals surface area contributed by atoms with Crippen LogP contribution >= 0.6 is 0 Å². The molecule has 0 atom stereocenters. The molecule has 0 saturated carbocycles. The van der Waals surface area contributed by atoms with E-state index in [-0.39, 0.29) is 0 Å². The molecule has 1 heteroatoms. The van der Waals surface area contributed by atoms with Crippen molar-refractivity contribution in [1.82, 2.24) is 0 Å². The molecule has 0 N–H and O–H groups in total. The van der Waals surface area contributed by atoms with E-state index >= 15 is 0 Å². The van der Waals surface area contributed by atoms with Crippen LogP contribution in [0.2, 0.25) is 0 Å². The van der Waals surface area contributed by atoms with Gasteiger partial charge in [0.1, 0.15) is 0 Å². The van der Waals surface area contributed by atoms with Crippen molar-refractivity contribution in [2.45, 2.75) is 155 Å². The molecule has 0 unspecified atom stereocenters. The summed E-state index contributed by atoms with van der Waals surface area (Å²) < 4.78 is 1.49. The predicted molar refractivity (Wildman–Crippen MR) is 133 cm³/mol. The summed E-state index contributed by atoms with van der Waals surface area (Å²) in [5.74, 6) is 0. The summed E-state index contributed by atoms with van der Waals surface area (Å²) in [6, 6.07) is 0. The number of nitrogens with zero attached hydrogens (tertiary/aromatic N) is 1. The molecule has 1 saturated heterocycles. The highest BCUT2D eigenvalue weighted by Gasteiger charge is 2.30.